The Morgan fingerprint density at radius 1 is 0.792 bits per heavy atom. The van der Waals surface area contributed by atoms with Crippen LogP contribution in [-0.4, -0.2) is 46.4 Å². The van der Waals surface area contributed by atoms with E-state index in [9.17, 15) is 10.2 Å². The van der Waals surface area contributed by atoms with E-state index in [0.717, 1.165) is 48.0 Å². The van der Waals surface area contributed by atoms with E-state index in [2.05, 4.69) is 0 Å². The van der Waals surface area contributed by atoms with Gasteiger partial charge in [0.2, 0.25) is 0 Å². The quantitative estimate of drug-likeness (QED) is 0.412. The maximum Gasteiger partial charge on any atom is 0.0761 e. The summed E-state index contributed by atoms with van der Waals surface area (Å²) in [5, 5.41) is 37.3. The molecule has 0 saturated heterocycles. The summed E-state index contributed by atoms with van der Waals surface area (Å²) in [4.78, 5) is 0. The van der Waals surface area contributed by atoms with Gasteiger partial charge in [0.1, 0.15) is 0 Å². The highest BCUT2D eigenvalue weighted by atomic mass is 16.3. The number of hydrogen-bond acceptors (Lipinski definition) is 4. The molecular formula is C20H34O4. The van der Waals surface area contributed by atoms with Crippen molar-refractivity contribution in [2.24, 2.45) is 0 Å². The van der Waals surface area contributed by atoms with Crippen LogP contribution in [0.25, 0.3) is 0 Å². The fourth-order valence-corrected chi connectivity index (χ4v) is 2.32. The van der Waals surface area contributed by atoms with Gasteiger partial charge in [-0.15, -0.1) is 0 Å². The maximum absolute atomic E-state index is 10.1. The predicted octanol–water partition coefficient (Wildman–Crippen LogP) is 3.04. The first-order valence-corrected chi connectivity index (χ1v) is 8.60. The van der Waals surface area contributed by atoms with Gasteiger partial charge in [-0.05, 0) is 52.0 Å². The highest BCUT2D eigenvalue weighted by Gasteiger charge is 2.05. The largest absolute Gasteiger partial charge is 0.392 e. The molecule has 0 aliphatic carbocycles. The minimum absolute atomic E-state index is 0.0505. The van der Waals surface area contributed by atoms with Gasteiger partial charge in [0.15, 0.2) is 0 Å². The molecule has 4 N–H and O–H groups in total. The Bertz CT molecular complexity index is 458. The minimum Gasteiger partial charge on any atom is -0.392 e. The van der Waals surface area contributed by atoms with Crippen LogP contribution in [0.2, 0.25) is 0 Å². The molecule has 4 heteroatoms. The highest BCUT2D eigenvalue weighted by molar-refractivity contribution is 5.12. The fraction of sp³-hybridized carbons (Fsp3) is 0.600. The second-order valence-corrected chi connectivity index (χ2v) is 6.32. The zero-order valence-corrected chi connectivity index (χ0v) is 15.3. The molecule has 0 heterocycles. The van der Waals surface area contributed by atoms with Crippen LogP contribution < -0.4 is 0 Å². The van der Waals surface area contributed by atoms with Crippen molar-refractivity contribution in [2.45, 2.75) is 59.0 Å². The van der Waals surface area contributed by atoms with Gasteiger partial charge in [0, 0.05) is 6.42 Å². The fourth-order valence-electron chi connectivity index (χ4n) is 2.32. The first-order valence-electron chi connectivity index (χ1n) is 8.60. The third-order valence-electron chi connectivity index (χ3n) is 3.84. The Morgan fingerprint density at radius 3 is 2.00 bits per heavy atom. The standard InChI is InChI=1S/C20H34O4/c1-16(10-11-21)6-5-9-19(15-23)13-20(24)12-17(2)7-4-8-18(3)14-22/h8-10,12,20-24H,4-7,11,13-15H2,1-3H3. The van der Waals surface area contributed by atoms with Gasteiger partial charge in [-0.3, -0.25) is 0 Å². The number of rotatable bonds is 12. The van der Waals surface area contributed by atoms with Gasteiger partial charge >= 0.3 is 0 Å². The van der Waals surface area contributed by atoms with E-state index in [1.54, 1.807) is 6.08 Å². The van der Waals surface area contributed by atoms with Crippen LogP contribution in [0.1, 0.15) is 52.9 Å². The Kier molecular flexibility index (Phi) is 13.5. The number of allylic oxidation sites excluding steroid dienone is 4. The van der Waals surface area contributed by atoms with Crippen LogP contribution in [0.3, 0.4) is 0 Å². The minimum atomic E-state index is -0.597. The molecule has 0 aliphatic rings. The van der Waals surface area contributed by atoms with Crippen molar-refractivity contribution in [3.8, 4) is 0 Å². The van der Waals surface area contributed by atoms with E-state index in [-0.39, 0.29) is 19.8 Å². The summed E-state index contributed by atoms with van der Waals surface area (Å²) in [7, 11) is 0. The lowest BCUT2D eigenvalue weighted by molar-refractivity contribution is 0.213. The van der Waals surface area contributed by atoms with Crippen LogP contribution >= 0.6 is 0 Å². The summed E-state index contributed by atoms with van der Waals surface area (Å²) in [6.45, 7) is 5.93. The molecule has 1 unspecified atom stereocenters. The zero-order chi connectivity index (χ0) is 18.4. The lowest BCUT2D eigenvalue weighted by atomic mass is 10.0. The van der Waals surface area contributed by atoms with Crippen molar-refractivity contribution >= 4 is 0 Å². The third kappa shape index (κ3) is 12.3. The summed E-state index contributed by atoms with van der Waals surface area (Å²) in [6, 6.07) is 0. The number of hydrogen-bond donors (Lipinski definition) is 4. The molecule has 0 spiro atoms. The first-order chi connectivity index (χ1) is 11.4. The third-order valence-corrected chi connectivity index (χ3v) is 3.84. The summed E-state index contributed by atoms with van der Waals surface area (Å²) in [5.41, 5.74) is 4.01. The Hall–Kier alpha value is -1.20. The monoisotopic (exact) mass is 338 g/mol. The van der Waals surface area contributed by atoms with Crippen LogP contribution in [-0.2, 0) is 0 Å². The van der Waals surface area contributed by atoms with Crippen LogP contribution in [0.5, 0.6) is 0 Å². The Balaban J connectivity index is 4.40. The van der Waals surface area contributed by atoms with E-state index in [4.69, 9.17) is 10.2 Å². The van der Waals surface area contributed by atoms with E-state index in [1.807, 2.05) is 39.0 Å². The van der Waals surface area contributed by atoms with Crippen LogP contribution in [0.15, 0.2) is 46.6 Å². The molecule has 0 aromatic rings. The molecule has 0 rings (SSSR count). The normalized spacial score (nSPS) is 15.8. The molecule has 1 atom stereocenters. The second-order valence-electron chi connectivity index (χ2n) is 6.32. The van der Waals surface area contributed by atoms with Crippen molar-refractivity contribution in [2.75, 3.05) is 19.8 Å². The van der Waals surface area contributed by atoms with E-state index in [1.165, 1.54) is 0 Å². The zero-order valence-electron chi connectivity index (χ0n) is 15.3. The average Bonchev–Trinajstić information content (AvgIpc) is 2.53. The summed E-state index contributed by atoms with van der Waals surface area (Å²) < 4.78 is 0. The smallest absolute Gasteiger partial charge is 0.0761 e. The lowest BCUT2D eigenvalue weighted by Gasteiger charge is -2.10. The van der Waals surface area contributed by atoms with E-state index >= 15 is 0 Å². The molecule has 0 fully saturated rings. The molecule has 0 saturated carbocycles. The van der Waals surface area contributed by atoms with Gasteiger partial charge in [-0.1, -0.05) is 41.0 Å². The maximum atomic E-state index is 10.1. The van der Waals surface area contributed by atoms with E-state index in [0.29, 0.717) is 6.42 Å². The molecular weight excluding hydrogens is 304 g/mol. The van der Waals surface area contributed by atoms with Crippen molar-refractivity contribution in [3.05, 3.63) is 46.6 Å². The molecule has 0 bridgehead atoms. The highest BCUT2D eigenvalue weighted by Crippen LogP contribution is 2.14. The van der Waals surface area contributed by atoms with Gasteiger partial charge in [-0.2, -0.15) is 0 Å². The average molecular weight is 338 g/mol. The number of aliphatic hydroxyl groups is 4. The second kappa shape index (κ2) is 14.2. The Morgan fingerprint density at radius 2 is 1.42 bits per heavy atom. The van der Waals surface area contributed by atoms with Crippen LogP contribution in [0.4, 0.5) is 0 Å². The summed E-state index contributed by atoms with van der Waals surface area (Å²) in [6.07, 6.45) is 10.7. The lowest BCUT2D eigenvalue weighted by Crippen LogP contribution is -2.07. The van der Waals surface area contributed by atoms with Gasteiger partial charge in [0.05, 0.1) is 25.9 Å². The van der Waals surface area contributed by atoms with Crippen molar-refractivity contribution in [3.63, 3.8) is 0 Å². The topological polar surface area (TPSA) is 80.9 Å². The predicted molar refractivity (Wildman–Crippen MR) is 99.7 cm³/mol. The molecule has 138 valence electrons. The Labute approximate surface area is 146 Å². The molecule has 0 aromatic heterocycles. The molecule has 0 aromatic carbocycles. The molecule has 0 aliphatic heterocycles. The van der Waals surface area contributed by atoms with E-state index < -0.39 is 6.10 Å². The summed E-state index contributed by atoms with van der Waals surface area (Å²) >= 11 is 0. The summed E-state index contributed by atoms with van der Waals surface area (Å²) in [5.74, 6) is 0. The van der Waals surface area contributed by atoms with Gasteiger partial charge in [0.25, 0.3) is 0 Å². The van der Waals surface area contributed by atoms with Crippen molar-refractivity contribution in [1.29, 1.82) is 0 Å². The van der Waals surface area contributed by atoms with Crippen LogP contribution in [0, 0.1) is 0 Å². The van der Waals surface area contributed by atoms with Crippen molar-refractivity contribution in [1.82, 2.24) is 0 Å². The molecule has 0 radical (unpaired) electrons. The molecule has 0 amide bonds. The van der Waals surface area contributed by atoms with Crippen molar-refractivity contribution < 1.29 is 20.4 Å². The SMILES string of the molecule is CC(=CCCC(C)=CC(O)CC(=CCCC(C)=CCO)CO)CO. The van der Waals surface area contributed by atoms with Gasteiger partial charge in [-0.25, -0.2) is 0 Å². The molecule has 24 heavy (non-hydrogen) atoms. The van der Waals surface area contributed by atoms with Gasteiger partial charge < -0.3 is 20.4 Å². The number of aliphatic hydroxyl groups excluding tert-OH is 4. The first kappa shape index (κ1) is 22.8. The molecule has 4 nitrogen and oxygen atoms in total.